The highest BCUT2D eigenvalue weighted by molar-refractivity contribution is 8.00. The maximum absolute atomic E-state index is 12.5. The van der Waals surface area contributed by atoms with Crippen molar-refractivity contribution in [2.24, 2.45) is 0 Å². The quantitative estimate of drug-likeness (QED) is 0.443. The molecular formula is C20H28N2O6S2. The zero-order chi connectivity index (χ0) is 22.3. The van der Waals surface area contributed by atoms with Crippen LogP contribution in [0.4, 0.5) is 0 Å². The van der Waals surface area contributed by atoms with Crippen LogP contribution in [0.5, 0.6) is 0 Å². The monoisotopic (exact) mass is 456 g/mol. The number of ether oxygens (including phenoxy) is 1. The SMILES string of the molecule is CCN(C(=O)COC(=O)c1ccccc1SCC(=O)NC(C)C)C1CCS(=O)(=O)C1. The van der Waals surface area contributed by atoms with Crippen LogP contribution in [0.25, 0.3) is 0 Å². The van der Waals surface area contributed by atoms with E-state index in [1.807, 2.05) is 13.8 Å². The summed E-state index contributed by atoms with van der Waals surface area (Å²) in [6, 6.07) is 6.38. The maximum atomic E-state index is 12.5. The van der Waals surface area contributed by atoms with Crippen molar-refractivity contribution >= 4 is 39.4 Å². The summed E-state index contributed by atoms with van der Waals surface area (Å²) >= 11 is 1.22. The number of carbonyl (C=O) groups is 3. The number of esters is 1. The molecule has 2 rings (SSSR count). The highest BCUT2D eigenvalue weighted by Gasteiger charge is 2.34. The lowest BCUT2D eigenvalue weighted by Gasteiger charge is -2.26. The Bertz CT molecular complexity index is 885. The molecule has 1 aromatic carbocycles. The number of thioether (sulfide) groups is 1. The van der Waals surface area contributed by atoms with E-state index in [1.54, 1.807) is 31.2 Å². The fourth-order valence-corrected chi connectivity index (χ4v) is 5.80. The van der Waals surface area contributed by atoms with Gasteiger partial charge in [-0.05, 0) is 39.3 Å². The Morgan fingerprint density at radius 1 is 1.27 bits per heavy atom. The van der Waals surface area contributed by atoms with E-state index >= 15 is 0 Å². The lowest BCUT2D eigenvalue weighted by Crippen LogP contribution is -2.43. The normalized spacial score (nSPS) is 17.5. The molecule has 1 saturated heterocycles. The molecule has 0 aliphatic carbocycles. The molecule has 10 heteroatoms. The molecule has 1 aliphatic rings. The van der Waals surface area contributed by atoms with Crippen molar-refractivity contribution in [3.05, 3.63) is 29.8 Å². The smallest absolute Gasteiger partial charge is 0.339 e. The fraction of sp³-hybridized carbons (Fsp3) is 0.550. The predicted octanol–water partition coefficient (Wildman–Crippen LogP) is 1.50. The largest absolute Gasteiger partial charge is 0.452 e. The average molecular weight is 457 g/mol. The number of nitrogens with zero attached hydrogens (tertiary/aromatic N) is 1. The molecule has 0 aromatic heterocycles. The van der Waals surface area contributed by atoms with Gasteiger partial charge in [0.2, 0.25) is 5.91 Å². The second-order valence-electron chi connectivity index (χ2n) is 7.32. The Morgan fingerprint density at radius 3 is 2.57 bits per heavy atom. The zero-order valence-electron chi connectivity index (χ0n) is 17.4. The van der Waals surface area contributed by atoms with Crippen LogP contribution in [0.2, 0.25) is 0 Å². The van der Waals surface area contributed by atoms with Crippen LogP contribution in [-0.4, -0.2) is 73.6 Å². The average Bonchev–Trinajstić information content (AvgIpc) is 3.04. The molecule has 8 nitrogen and oxygen atoms in total. The number of likely N-dealkylation sites (N-methyl/N-ethyl adjacent to an activating group) is 1. The number of carbonyl (C=O) groups excluding carboxylic acids is 3. The third kappa shape index (κ3) is 7.02. The standard InChI is InChI=1S/C20H28N2O6S2/c1-4-22(15-9-10-30(26,27)13-15)19(24)11-28-20(25)16-7-5-6-8-17(16)29-12-18(23)21-14(2)3/h5-8,14-15H,4,9-13H2,1-3H3,(H,21,23). The van der Waals surface area contributed by atoms with Gasteiger partial charge in [0.05, 0.1) is 22.8 Å². The van der Waals surface area contributed by atoms with E-state index in [0.29, 0.717) is 17.9 Å². The van der Waals surface area contributed by atoms with Crippen molar-refractivity contribution in [1.82, 2.24) is 10.2 Å². The molecule has 0 spiro atoms. The number of hydrogen-bond donors (Lipinski definition) is 1. The number of sulfone groups is 1. The molecule has 1 aliphatic heterocycles. The number of benzene rings is 1. The van der Waals surface area contributed by atoms with Crippen LogP contribution in [0.15, 0.2) is 29.2 Å². The molecule has 1 atom stereocenters. The lowest BCUT2D eigenvalue weighted by molar-refractivity contribution is -0.136. The first-order valence-electron chi connectivity index (χ1n) is 9.81. The van der Waals surface area contributed by atoms with Crippen molar-refractivity contribution in [3.63, 3.8) is 0 Å². The van der Waals surface area contributed by atoms with Crippen LogP contribution in [0.3, 0.4) is 0 Å². The highest BCUT2D eigenvalue weighted by Crippen LogP contribution is 2.23. The van der Waals surface area contributed by atoms with Crippen LogP contribution < -0.4 is 5.32 Å². The number of hydrogen-bond acceptors (Lipinski definition) is 7. The van der Waals surface area contributed by atoms with Crippen molar-refractivity contribution in [3.8, 4) is 0 Å². The Balaban J connectivity index is 1.96. The van der Waals surface area contributed by atoms with E-state index in [0.717, 1.165) is 0 Å². The molecule has 1 aromatic rings. The van der Waals surface area contributed by atoms with Gasteiger partial charge in [0.25, 0.3) is 5.91 Å². The molecule has 0 saturated carbocycles. The topological polar surface area (TPSA) is 110 Å². The van der Waals surface area contributed by atoms with Crippen molar-refractivity contribution in [1.29, 1.82) is 0 Å². The van der Waals surface area contributed by atoms with Gasteiger partial charge in [-0.2, -0.15) is 0 Å². The molecule has 1 N–H and O–H groups in total. The Labute approximate surface area is 181 Å². The van der Waals surface area contributed by atoms with Gasteiger partial charge in [0, 0.05) is 23.5 Å². The van der Waals surface area contributed by atoms with E-state index in [9.17, 15) is 22.8 Å². The Morgan fingerprint density at radius 2 is 1.97 bits per heavy atom. The van der Waals surface area contributed by atoms with E-state index in [-0.39, 0.29) is 40.8 Å². The molecule has 30 heavy (non-hydrogen) atoms. The molecule has 0 bridgehead atoms. The Kier molecular flexibility index (Phi) is 8.72. The molecule has 0 radical (unpaired) electrons. The summed E-state index contributed by atoms with van der Waals surface area (Å²) in [6.07, 6.45) is 0.397. The van der Waals surface area contributed by atoms with Gasteiger partial charge in [-0.3, -0.25) is 9.59 Å². The van der Waals surface area contributed by atoms with Gasteiger partial charge in [0.1, 0.15) is 0 Å². The summed E-state index contributed by atoms with van der Waals surface area (Å²) < 4.78 is 28.6. The van der Waals surface area contributed by atoms with Crippen LogP contribution in [0, 0.1) is 0 Å². The van der Waals surface area contributed by atoms with Crippen molar-refractivity contribution in [2.45, 2.75) is 44.2 Å². The predicted molar refractivity (Wildman–Crippen MR) is 115 cm³/mol. The first-order valence-corrected chi connectivity index (χ1v) is 12.6. The molecule has 2 amide bonds. The number of amides is 2. The Hall–Kier alpha value is -2.07. The number of rotatable bonds is 9. The minimum atomic E-state index is -3.12. The first-order chi connectivity index (χ1) is 14.1. The van der Waals surface area contributed by atoms with E-state index in [4.69, 9.17) is 4.74 Å². The molecule has 1 unspecified atom stereocenters. The van der Waals surface area contributed by atoms with E-state index in [2.05, 4.69) is 5.32 Å². The van der Waals surface area contributed by atoms with Gasteiger partial charge in [0.15, 0.2) is 16.4 Å². The van der Waals surface area contributed by atoms with Gasteiger partial charge >= 0.3 is 5.97 Å². The third-order valence-corrected chi connectivity index (χ3v) is 7.38. The van der Waals surface area contributed by atoms with Gasteiger partial charge in [-0.25, -0.2) is 13.2 Å². The molecule has 1 heterocycles. The fourth-order valence-electron chi connectivity index (χ4n) is 3.22. The van der Waals surface area contributed by atoms with Crippen molar-refractivity contribution < 1.29 is 27.5 Å². The van der Waals surface area contributed by atoms with Gasteiger partial charge in [-0.15, -0.1) is 11.8 Å². The zero-order valence-corrected chi connectivity index (χ0v) is 19.1. The van der Waals surface area contributed by atoms with Crippen LogP contribution in [-0.2, 0) is 24.2 Å². The van der Waals surface area contributed by atoms with E-state index < -0.39 is 28.3 Å². The molecule has 1 fully saturated rings. The molecular weight excluding hydrogens is 428 g/mol. The summed E-state index contributed by atoms with van der Waals surface area (Å²) in [6.45, 7) is 5.37. The maximum Gasteiger partial charge on any atom is 0.339 e. The summed E-state index contributed by atoms with van der Waals surface area (Å²) in [5.41, 5.74) is 0.277. The number of nitrogens with one attached hydrogen (secondary N) is 1. The highest BCUT2D eigenvalue weighted by atomic mass is 32.2. The van der Waals surface area contributed by atoms with Crippen LogP contribution in [0.1, 0.15) is 37.6 Å². The second-order valence-corrected chi connectivity index (χ2v) is 10.6. The van der Waals surface area contributed by atoms with Gasteiger partial charge in [-0.1, -0.05) is 12.1 Å². The van der Waals surface area contributed by atoms with Crippen molar-refractivity contribution in [2.75, 3.05) is 30.4 Å². The van der Waals surface area contributed by atoms with Gasteiger partial charge < -0.3 is 15.0 Å². The molecule has 166 valence electrons. The van der Waals surface area contributed by atoms with Crippen LogP contribution >= 0.6 is 11.8 Å². The minimum absolute atomic E-state index is 0.0284. The third-order valence-electron chi connectivity index (χ3n) is 4.55. The summed E-state index contributed by atoms with van der Waals surface area (Å²) in [4.78, 5) is 38.9. The van der Waals surface area contributed by atoms with E-state index in [1.165, 1.54) is 16.7 Å². The second kappa shape index (κ2) is 10.8. The lowest BCUT2D eigenvalue weighted by atomic mass is 10.2. The first kappa shape index (κ1) is 24.2. The summed E-state index contributed by atoms with van der Waals surface area (Å²) in [5, 5.41) is 2.78. The summed E-state index contributed by atoms with van der Waals surface area (Å²) in [5.74, 6) is -1.06. The minimum Gasteiger partial charge on any atom is -0.452 e. The summed E-state index contributed by atoms with van der Waals surface area (Å²) in [7, 11) is -3.12.